The lowest BCUT2D eigenvalue weighted by molar-refractivity contribution is 0.0990. The van der Waals surface area contributed by atoms with Crippen molar-refractivity contribution in [1.82, 2.24) is 0 Å². The van der Waals surface area contributed by atoms with Gasteiger partial charge in [-0.3, -0.25) is 4.79 Å². The lowest BCUT2D eigenvalue weighted by Crippen LogP contribution is -2.03. The first-order valence-electron chi connectivity index (χ1n) is 7.90. The highest BCUT2D eigenvalue weighted by molar-refractivity contribution is 7.34. The quantitative estimate of drug-likeness (QED) is 0.473. The Hall–Kier alpha value is -3.17. The van der Waals surface area contributed by atoms with E-state index in [0.717, 1.165) is 5.56 Å². The first-order chi connectivity index (χ1) is 12.6. The molecule has 0 aliphatic rings. The number of phenols is 1. The molecule has 0 radical (unpaired) electrons. The van der Waals surface area contributed by atoms with Gasteiger partial charge in [0.2, 0.25) is 0 Å². The molecule has 3 rings (SSSR count). The fourth-order valence-electron chi connectivity index (χ4n) is 2.35. The number of para-hydroxylation sites is 1. The Morgan fingerprint density at radius 2 is 1.46 bits per heavy atom. The van der Waals surface area contributed by atoms with Crippen molar-refractivity contribution in [3.05, 3.63) is 90.0 Å². The van der Waals surface area contributed by atoms with E-state index in [1.54, 1.807) is 24.3 Å². The van der Waals surface area contributed by atoms with Crippen LogP contribution in [-0.4, -0.2) is 10.9 Å². The molecule has 3 aromatic rings. The molecular formula is C20H16O5P+. The second-order valence-electron chi connectivity index (χ2n) is 5.48. The van der Waals surface area contributed by atoms with Gasteiger partial charge in [-0.05, 0) is 29.8 Å². The average molecular weight is 367 g/mol. The summed E-state index contributed by atoms with van der Waals surface area (Å²) in [5.74, 6) is 0.111. The van der Waals surface area contributed by atoms with E-state index in [2.05, 4.69) is 0 Å². The Morgan fingerprint density at radius 3 is 2.12 bits per heavy atom. The fourth-order valence-corrected chi connectivity index (χ4v) is 2.97. The van der Waals surface area contributed by atoms with Crippen molar-refractivity contribution < 1.29 is 23.5 Å². The molecule has 0 aromatic heterocycles. The molecule has 0 aliphatic carbocycles. The predicted molar refractivity (Wildman–Crippen MR) is 97.9 cm³/mol. The van der Waals surface area contributed by atoms with Crippen molar-refractivity contribution in [2.45, 2.75) is 6.42 Å². The second kappa shape index (κ2) is 8.28. The van der Waals surface area contributed by atoms with Crippen LogP contribution in [0, 0.1) is 0 Å². The summed E-state index contributed by atoms with van der Waals surface area (Å²) in [7, 11) is -2.46. The summed E-state index contributed by atoms with van der Waals surface area (Å²) in [5.41, 5.74) is 1.04. The van der Waals surface area contributed by atoms with Gasteiger partial charge in [0.05, 0.1) is 5.56 Å². The van der Waals surface area contributed by atoms with Crippen LogP contribution in [0.2, 0.25) is 0 Å². The van der Waals surface area contributed by atoms with Crippen LogP contribution in [0.3, 0.4) is 0 Å². The normalized spacial score (nSPS) is 10.8. The summed E-state index contributed by atoms with van der Waals surface area (Å²) < 4.78 is 22.2. The summed E-state index contributed by atoms with van der Waals surface area (Å²) in [6, 6.07) is 22.0. The van der Waals surface area contributed by atoms with Gasteiger partial charge in [-0.2, -0.15) is 0 Å². The van der Waals surface area contributed by atoms with Crippen molar-refractivity contribution in [1.29, 1.82) is 0 Å². The highest BCUT2D eigenvalue weighted by Crippen LogP contribution is 2.33. The number of aromatic hydroxyl groups is 1. The Bertz CT molecular complexity index is 910. The molecule has 130 valence electrons. The highest BCUT2D eigenvalue weighted by atomic mass is 31.1. The topological polar surface area (TPSA) is 72.8 Å². The molecule has 0 fully saturated rings. The maximum absolute atomic E-state index is 12.3. The van der Waals surface area contributed by atoms with Gasteiger partial charge < -0.3 is 5.11 Å². The van der Waals surface area contributed by atoms with Crippen LogP contribution in [0.1, 0.15) is 15.9 Å². The maximum Gasteiger partial charge on any atom is 0.805 e. The van der Waals surface area contributed by atoms with Crippen LogP contribution < -0.4 is 9.05 Å². The third-order valence-corrected chi connectivity index (χ3v) is 4.30. The molecule has 1 N–H and O–H groups in total. The van der Waals surface area contributed by atoms with Crippen molar-refractivity contribution in [2.24, 2.45) is 0 Å². The Kier molecular flexibility index (Phi) is 5.62. The molecule has 0 saturated carbocycles. The molecule has 6 heteroatoms. The molecule has 3 aromatic carbocycles. The Labute approximate surface area is 151 Å². The summed E-state index contributed by atoms with van der Waals surface area (Å²) in [6.45, 7) is 0. The Balaban J connectivity index is 1.65. The van der Waals surface area contributed by atoms with Crippen LogP contribution in [-0.2, 0) is 11.0 Å². The third kappa shape index (κ3) is 4.68. The lowest BCUT2D eigenvalue weighted by atomic mass is 10.0. The smallest absolute Gasteiger partial charge is 0.507 e. The average Bonchev–Trinajstić information content (AvgIpc) is 2.63. The first-order valence-corrected chi connectivity index (χ1v) is 9.00. The van der Waals surface area contributed by atoms with Crippen molar-refractivity contribution in [3.63, 3.8) is 0 Å². The van der Waals surface area contributed by atoms with Crippen molar-refractivity contribution >= 4 is 14.0 Å². The van der Waals surface area contributed by atoms with Gasteiger partial charge in [-0.15, -0.1) is 0 Å². The third-order valence-electron chi connectivity index (χ3n) is 3.58. The predicted octanol–water partition coefficient (Wildman–Crippen LogP) is 4.93. The maximum atomic E-state index is 12.3. The van der Waals surface area contributed by atoms with Crippen LogP contribution in [0.15, 0.2) is 78.9 Å². The van der Waals surface area contributed by atoms with Gasteiger partial charge in [0, 0.05) is 17.1 Å². The van der Waals surface area contributed by atoms with E-state index in [-0.39, 0.29) is 29.3 Å². The number of rotatable bonds is 7. The molecule has 0 amide bonds. The molecule has 26 heavy (non-hydrogen) atoms. The number of phenolic OH excluding ortho intramolecular Hbond substituents is 1. The molecule has 0 bridgehead atoms. The number of Topliss-reactive ketones (excluding diaryl/α,β-unsaturated/α-hetero) is 1. The number of benzene rings is 3. The zero-order valence-corrected chi connectivity index (χ0v) is 14.6. The minimum Gasteiger partial charge on any atom is -0.507 e. The molecule has 0 spiro atoms. The molecule has 0 saturated heterocycles. The van der Waals surface area contributed by atoms with Crippen LogP contribution >= 0.6 is 8.25 Å². The zero-order valence-electron chi connectivity index (χ0n) is 13.7. The minimum absolute atomic E-state index is 0.149. The zero-order chi connectivity index (χ0) is 18.4. The highest BCUT2D eigenvalue weighted by Gasteiger charge is 2.25. The summed E-state index contributed by atoms with van der Waals surface area (Å²) in [5, 5.41) is 10.1. The van der Waals surface area contributed by atoms with Gasteiger partial charge in [0.25, 0.3) is 0 Å². The van der Waals surface area contributed by atoms with E-state index in [0.29, 0.717) is 5.75 Å². The number of hydrogen-bond acceptors (Lipinski definition) is 5. The summed E-state index contributed by atoms with van der Waals surface area (Å²) in [4.78, 5) is 12.3. The van der Waals surface area contributed by atoms with E-state index >= 15 is 0 Å². The first kappa shape index (κ1) is 17.6. The molecule has 0 heterocycles. The molecular weight excluding hydrogens is 351 g/mol. The van der Waals surface area contributed by atoms with E-state index in [9.17, 15) is 14.5 Å². The van der Waals surface area contributed by atoms with E-state index < -0.39 is 8.25 Å². The van der Waals surface area contributed by atoms with Gasteiger partial charge in [-0.25, -0.2) is 9.05 Å². The fraction of sp³-hybridized carbons (Fsp3) is 0.0500. The molecule has 0 aliphatic heterocycles. The van der Waals surface area contributed by atoms with Crippen molar-refractivity contribution in [3.8, 4) is 17.2 Å². The second-order valence-corrected chi connectivity index (χ2v) is 6.30. The number of hydrogen-bond donors (Lipinski definition) is 1. The van der Waals surface area contributed by atoms with Crippen LogP contribution in [0.5, 0.6) is 17.2 Å². The molecule has 1 atom stereocenters. The Morgan fingerprint density at radius 1 is 0.846 bits per heavy atom. The monoisotopic (exact) mass is 367 g/mol. The largest absolute Gasteiger partial charge is 0.805 e. The summed E-state index contributed by atoms with van der Waals surface area (Å²) in [6.07, 6.45) is 0.181. The number of carbonyl (C=O) groups is 1. The van der Waals surface area contributed by atoms with Gasteiger partial charge in [0.15, 0.2) is 17.3 Å². The lowest BCUT2D eigenvalue weighted by Gasteiger charge is -2.04. The van der Waals surface area contributed by atoms with E-state index in [1.807, 2.05) is 36.4 Å². The van der Waals surface area contributed by atoms with Gasteiger partial charge in [0.1, 0.15) is 5.75 Å². The van der Waals surface area contributed by atoms with Crippen LogP contribution in [0.4, 0.5) is 0 Å². The minimum atomic E-state index is -2.46. The van der Waals surface area contributed by atoms with Crippen LogP contribution in [0.25, 0.3) is 0 Å². The molecule has 5 nitrogen and oxygen atoms in total. The van der Waals surface area contributed by atoms with Gasteiger partial charge in [-0.1, -0.05) is 48.5 Å². The van der Waals surface area contributed by atoms with Crippen molar-refractivity contribution in [2.75, 3.05) is 0 Å². The van der Waals surface area contributed by atoms with E-state index in [4.69, 9.17) is 9.05 Å². The number of ketones is 1. The van der Waals surface area contributed by atoms with E-state index in [1.165, 1.54) is 18.2 Å². The van der Waals surface area contributed by atoms with Gasteiger partial charge >= 0.3 is 8.25 Å². The standard InChI is InChI=1S/C20H15O5P/c21-19(13-15-7-3-1-4-8-15)18-12-11-17(14-20(18)22)25-26(23)24-16-9-5-2-6-10-16/h1-12,14H,13H2/p+1. The summed E-state index contributed by atoms with van der Waals surface area (Å²) >= 11 is 0. The number of carbonyl (C=O) groups excluding carboxylic acids is 1. The SMILES string of the molecule is O=C(Cc1ccccc1)c1ccc(O[P+](=O)Oc2ccccc2)cc1O. The molecule has 1 unspecified atom stereocenters.